The van der Waals surface area contributed by atoms with Crippen molar-refractivity contribution >= 4 is 0 Å². The van der Waals surface area contributed by atoms with Gasteiger partial charge in [0, 0.05) is 18.8 Å². The van der Waals surface area contributed by atoms with Gasteiger partial charge in [-0.3, -0.25) is 0 Å². The van der Waals surface area contributed by atoms with Crippen molar-refractivity contribution in [2.75, 3.05) is 0 Å². The highest BCUT2D eigenvalue weighted by Gasteiger charge is 1.89. The average Bonchev–Trinajstić information content (AvgIpc) is 1.95. The topological polar surface area (TPSA) is 25.8 Å². The van der Waals surface area contributed by atoms with Crippen LogP contribution < -0.4 is 0 Å². The number of aromatic nitrogens is 2. The lowest BCUT2D eigenvalue weighted by molar-refractivity contribution is 0.976. The minimum atomic E-state index is 0.750. The maximum atomic E-state index is 4.09. The molecule has 1 rings (SSSR count). The first-order valence-corrected chi connectivity index (χ1v) is 3.21. The Kier molecular flexibility index (Phi) is 2.15. The molecule has 0 saturated heterocycles. The van der Waals surface area contributed by atoms with Gasteiger partial charge >= 0.3 is 0 Å². The normalized spacial score (nSPS) is 9.30. The molecule has 0 amide bonds. The highest BCUT2D eigenvalue weighted by atomic mass is 14.8. The van der Waals surface area contributed by atoms with Gasteiger partial charge in [-0.25, -0.2) is 9.97 Å². The van der Waals surface area contributed by atoms with Crippen LogP contribution in [-0.4, -0.2) is 9.97 Å². The molecule has 0 aliphatic carbocycles. The number of hydrogen-bond acceptors (Lipinski definition) is 2. The van der Waals surface area contributed by atoms with Crippen LogP contribution in [0.4, 0.5) is 0 Å². The number of hydrogen-bond donors (Lipinski definition) is 0. The molecule has 0 unspecified atom stereocenters. The van der Waals surface area contributed by atoms with Crippen molar-refractivity contribution in [1.29, 1.82) is 0 Å². The zero-order valence-corrected chi connectivity index (χ0v) is 6.04. The summed E-state index contributed by atoms with van der Waals surface area (Å²) in [6, 6.07) is 0. The average molecular weight is 134 g/mol. The minimum absolute atomic E-state index is 0.750. The summed E-state index contributed by atoms with van der Waals surface area (Å²) in [6.07, 6.45) is 6.17. The Morgan fingerprint density at radius 1 is 1.50 bits per heavy atom. The monoisotopic (exact) mass is 134 g/mol. The highest BCUT2D eigenvalue weighted by molar-refractivity contribution is 5.03. The van der Waals surface area contributed by atoms with Crippen molar-refractivity contribution in [2.24, 2.45) is 0 Å². The van der Waals surface area contributed by atoms with Gasteiger partial charge < -0.3 is 0 Å². The second-order valence-electron chi connectivity index (χ2n) is 2.17. The molecule has 1 aromatic rings. The first kappa shape index (κ1) is 6.93. The summed E-state index contributed by atoms with van der Waals surface area (Å²) in [5.74, 6) is 0.834. The Labute approximate surface area is 60.6 Å². The Balaban J connectivity index is 2.78. The van der Waals surface area contributed by atoms with E-state index >= 15 is 0 Å². The van der Waals surface area contributed by atoms with E-state index in [-0.39, 0.29) is 0 Å². The van der Waals surface area contributed by atoms with E-state index in [1.165, 1.54) is 0 Å². The predicted molar refractivity (Wildman–Crippen MR) is 40.7 cm³/mol. The van der Waals surface area contributed by atoms with Gasteiger partial charge in [0.15, 0.2) is 0 Å². The summed E-state index contributed by atoms with van der Waals surface area (Å²) in [7, 11) is 0. The predicted octanol–water partition coefficient (Wildman–Crippen LogP) is 1.51. The van der Waals surface area contributed by atoms with Gasteiger partial charge in [0.2, 0.25) is 0 Å². The molecule has 0 saturated carbocycles. The van der Waals surface area contributed by atoms with Crippen molar-refractivity contribution in [2.45, 2.75) is 13.3 Å². The molecule has 0 aliphatic heterocycles. The van der Waals surface area contributed by atoms with E-state index in [0.717, 1.165) is 17.8 Å². The van der Waals surface area contributed by atoms with E-state index in [1.807, 2.05) is 19.3 Å². The second kappa shape index (κ2) is 3.11. The molecule has 52 valence electrons. The van der Waals surface area contributed by atoms with E-state index < -0.39 is 0 Å². The fraction of sp³-hybridized carbons (Fsp3) is 0.250. The number of allylic oxidation sites excluding steroid dienone is 1. The van der Waals surface area contributed by atoms with Gasteiger partial charge in [0.25, 0.3) is 0 Å². The van der Waals surface area contributed by atoms with Crippen LogP contribution >= 0.6 is 0 Å². The van der Waals surface area contributed by atoms with Crippen LogP contribution in [0.15, 0.2) is 25.0 Å². The SMILES string of the molecule is C=CCc1ncc(C)cn1. The van der Waals surface area contributed by atoms with Crippen LogP contribution in [0.25, 0.3) is 0 Å². The molecule has 0 aromatic carbocycles. The van der Waals surface area contributed by atoms with E-state index in [2.05, 4.69) is 16.5 Å². The molecular formula is C8H10N2. The summed E-state index contributed by atoms with van der Waals surface area (Å²) in [5, 5.41) is 0. The molecule has 0 aliphatic rings. The van der Waals surface area contributed by atoms with Crippen LogP contribution in [0.3, 0.4) is 0 Å². The van der Waals surface area contributed by atoms with Gasteiger partial charge in [-0.15, -0.1) is 6.58 Å². The molecule has 2 nitrogen and oxygen atoms in total. The Bertz CT molecular complexity index is 213. The van der Waals surface area contributed by atoms with E-state index in [9.17, 15) is 0 Å². The van der Waals surface area contributed by atoms with Crippen molar-refractivity contribution in [3.8, 4) is 0 Å². The van der Waals surface area contributed by atoms with Crippen LogP contribution in [0.5, 0.6) is 0 Å². The molecule has 2 heteroatoms. The van der Waals surface area contributed by atoms with Gasteiger partial charge in [-0.1, -0.05) is 6.08 Å². The quantitative estimate of drug-likeness (QED) is 0.573. The molecular weight excluding hydrogens is 124 g/mol. The number of rotatable bonds is 2. The summed E-state index contributed by atoms with van der Waals surface area (Å²) in [5.41, 5.74) is 1.09. The number of nitrogens with zero attached hydrogens (tertiary/aromatic N) is 2. The van der Waals surface area contributed by atoms with Crippen molar-refractivity contribution in [1.82, 2.24) is 9.97 Å². The minimum Gasteiger partial charge on any atom is -0.241 e. The molecule has 0 radical (unpaired) electrons. The largest absolute Gasteiger partial charge is 0.241 e. The summed E-state index contributed by atoms with van der Waals surface area (Å²) in [4.78, 5) is 8.17. The standard InChI is InChI=1S/C8H10N2/c1-3-4-8-9-5-7(2)6-10-8/h3,5-6H,1,4H2,2H3. The third kappa shape index (κ3) is 1.65. The second-order valence-corrected chi connectivity index (χ2v) is 2.17. The van der Waals surface area contributed by atoms with Gasteiger partial charge in [0.05, 0.1) is 0 Å². The first-order chi connectivity index (χ1) is 4.83. The lowest BCUT2D eigenvalue weighted by Crippen LogP contribution is -1.91. The maximum Gasteiger partial charge on any atom is 0.131 e. The van der Waals surface area contributed by atoms with E-state index in [0.29, 0.717) is 0 Å². The smallest absolute Gasteiger partial charge is 0.131 e. The molecule has 0 N–H and O–H groups in total. The van der Waals surface area contributed by atoms with Gasteiger partial charge in [-0.05, 0) is 12.5 Å². The number of aryl methyl sites for hydroxylation is 1. The Hall–Kier alpha value is -1.18. The molecule has 0 atom stereocenters. The molecule has 1 aromatic heterocycles. The third-order valence-corrected chi connectivity index (χ3v) is 1.16. The van der Waals surface area contributed by atoms with Crippen molar-refractivity contribution in [3.63, 3.8) is 0 Å². The molecule has 10 heavy (non-hydrogen) atoms. The summed E-state index contributed by atoms with van der Waals surface area (Å²) in [6.45, 7) is 5.57. The molecule has 0 bridgehead atoms. The first-order valence-electron chi connectivity index (χ1n) is 3.21. The molecule has 0 fully saturated rings. The van der Waals surface area contributed by atoms with E-state index in [1.54, 1.807) is 6.08 Å². The van der Waals surface area contributed by atoms with Crippen molar-refractivity contribution < 1.29 is 0 Å². The Morgan fingerprint density at radius 2 is 2.10 bits per heavy atom. The summed E-state index contributed by atoms with van der Waals surface area (Å²) >= 11 is 0. The van der Waals surface area contributed by atoms with Crippen LogP contribution in [0, 0.1) is 6.92 Å². The molecule has 1 heterocycles. The fourth-order valence-corrected chi connectivity index (χ4v) is 0.654. The zero-order chi connectivity index (χ0) is 7.40. The zero-order valence-electron chi connectivity index (χ0n) is 6.04. The molecule has 0 spiro atoms. The fourth-order valence-electron chi connectivity index (χ4n) is 0.654. The van der Waals surface area contributed by atoms with Crippen LogP contribution in [0.1, 0.15) is 11.4 Å². The lowest BCUT2D eigenvalue weighted by Gasteiger charge is -1.93. The summed E-state index contributed by atoms with van der Waals surface area (Å²) < 4.78 is 0. The van der Waals surface area contributed by atoms with E-state index in [4.69, 9.17) is 0 Å². The maximum absolute atomic E-state index is 4.09. The van der Waals surface area contributed by atoms with Crippen molar-refractivity contribution in [3.05, 3.63) is 36.4 Å². The van der Waals surface area contributed by atoms with Gasteiger partial charge in [0.1, 0.15) is 5.82 Å². The van der Waals surface area contributed by atoms with Crippen LogP contribution in [-0.2, 0) is 6.42 Å². The Morgan fingerprint density at radius 3 is 2.60 bits per heavy atom. The van der Waals surface area contributed by atoms with Gasteiger partial charge in [-0.2, -0.15) is 0 Å². The van der Waals surface area contributed by atoms with Crippen LogP contribution in [0.2, 0.25) is 0 Å². The third-order valence-electron chi connectivity index (χ3n) is 1.16. The highest BCUT2D eigenvalue weighted by Crippen LogP contribution is 1.93. The lowest BCUT2D eigenvalue weighted by atomic mass is 10.3.